The van der Waals surface area contributed by atoms with E-state index in [4.69, 9.17) is 25.8 Å². The van der Waals surface area contributed by atoms with Crippen molar-refractivity contribution in [2.24, 2.45) is 11.3 Å². The normalized spacial score (nSPS) is 21.2. The smallest absolute Gasteiger partial charge is 0.311 e. The minimum Gasteiger partial charge on any atom is -0.494 e. The lowest BCUT2D eigenvalue weighted by Crippen LogP contribution is -2.33. The van der Waals surface area contributed by atoms with Gasteiger partial charge in [-0.3, -0.25) is 4.79 Å². The van der Waals surface area contributed by atoms with Gasteiger partial charge in [-0.15, -0.1) is 0 Å². The van der Waals surface area contributed by atoms with Crippen LogP contribution in [-0.2, 0) is 20.7 Å². The maximum atomic E-state index is 12.2. The molecule has 0 saturated carbocycles. The number of carbonyl (C=O) groups excluding carboxylic acids is 1. The topological polar surface area (TPSA) is 44.8 Å². The van der Waals surface area contributed by atoms with E-state index in [1.165, 1.54) is 5.56 Å². The summed E-state index contributed by atoms with van der Waals surface area (Å²) in [4.78, 5) is 12.2. The largest absolute Gasteiger partial charge is 0.494 e. The third kappa shape index (κ3) is 6.73. The van der Waals surface area contributed by atoms with Gasteiger partial charge in [0, 0.05) is 5.02 Å². The van der Waals surface area contributed by atoms with E-state index < -0.39 is 5.41 Å². The monoisotopic (exact) mass is 458 g/mol. The van der Waals surface area contributed by atoms with E-state index in [2.05, 4.69) is 25.1 Å². The van der Waals surface area contributed by atoms with Gasteiger partial charge in [0.25, 0.3) is 0 Å². The molecule has 0 radical (unpaired) electrons. The molecular formula is C27H35ClO4. The molecule has 3 unspecified atom stereocenters. The Bertz CT molecular complexity index is 901. The number of benzene rings is 2. The summed E-state index contributed by atoms with van der Waals surface area (Å²) in [6.07, 6.45) is 2.44. The van der Waals surface area contributed by atoms with Crippen LogP contribution in [0.25, 0.3) is 0 Å². The molecule has 0 N–H and O–H groups in total. The molecule has 32 heavy (non-hydrogen) atoms. The second-order valence-electron chi connectivity index (χ2n) is 9.78. The molecule has 0 bridgehead atoms. The minimum absolute atomic E-state index is 0.0339. The highest BCUT2D eigenvalue weighted by Gasteiger charge is 2.31. The average molecular weight is 459 g/mol. The summed E-state index contributed by atoms with van der Waals surface area (Å²) >= 11 is 6.53. The van der Waals surface area contributed by atoms with Crippen molar-refractivity contribution in [1.82, 2.24) is 0 Å². The second kappa shape index (κ2) is 10.7. The summed E-state index contributed by atoms with van der Waals surface area (Å²) in [5, 5.41) is 0.752. The molecule has 1 aliphatic rings. The lowest BCUT2D eigenvalue weighted by molar-refractivity contribution is -0.162. The molecule has 174 valence electrons. The summed E-state index contributed by atoms with van der Waals surface area (Å²) in [5.41, 5.74) is 2.86. The van der Waals surface area contributed by atoms with Crippen LogP contribution in [0.1, 0.15) is 70.3 Å². The highest BCUT2D eigenvalue weighted by molar-refractivity contribution is 6.31. The standard InChI is InChI=1S/C27H35ClO4/c1-6-30-22-10-7-19(8-11-22)15-21-16-20(9-12-24(21)28)25-14-18(2)13-23(32-25)17-31-26(29)27(3,4)5/h7-12,16,18,23,25H,6,13-15,17H2,1-5H3. The van der Waals surface area contributed by atoms with E-state index in [9.17, 15) is 4.79 Å². The highest BCUT2D eigenvalue weighted by Crippen LogP contribution is 2.36. The Balaban J connectivity index is 1.69. The van der Waals surface area contributed by atoms with Gasteiger partial charge in [0.2, 0.25) is 0 Å². The van der Waals surface area contributed by atoms with E-state index in [0.29, 0.717) is 19.1 Å². The molecule has 1 fully saturated rings. The zero-order valence-corrected chi connectivity index (χ0v) is 20.6. The van der Waals surface area contributed by atoms with Crippen molar-refractivity contribution >= 4 is 17.6 Å². The fourth-order valence-electron chi connectivity index (χ4n) is 3.98. The van der Waals surface area contributed by atoms with E-state index in [1.54, 1.807) is 0 Å². The van der Waals surface area contributed by atoms with Crippen molar-refractivity contribution in [2.75, 3.05) is 13.2 Å². The fourth-order valence-corrected chi connectivity index (χ4v) is 4.17. The molecule has 0 aliphatic carbocycles. The van der Waals surface area contributed by atoms with Crippen molar-refractivity contribution in [1.29, 1.82) is 0 Å². The predicted octanol–water partition coefficient (Wildman–Crippen LogP) is 6.78. The van der Waals surface area contributed by atoms with Crippen molar-refractivity contribution in [3.8, 4) is 5.75 Å². The first kappa shape index (κ1) is 24.6. The maximum absolute atomic E-state index is 12.2. The third-order valence-electron chi connectivity index (χ3n) is 5.72. The Labute approximate surface area is 197 Å². The first-order valence-electron chi connectivity index (χ1n) is 11.5. The fraction of sp³-hybridized carbons (Fsp3) is 0.519. The van der Waals surface area contributed by atoms with Crippen molar-refractivity contribution in [3.63, 3.8) is 0 Å². The molecule has 1 aliphatic heterocycles. The van der Waals surface area contributed by atoms with Gasteiger partial charge < -0.3 is 14.2 Å². The SMILES string of the molecule is CCOc1ccc(Cc2cc(C3CC(C)CC(COC(=O)C(C)(C)C)O3)ccc2Cl)cc1. The van der Waals surface area contributed by atoms with Crippen molar-refractivity contribution < 1.29 is 19.0 Å². The number of hydrogen-bond donors (Lipinski definition) is 0. The first-order chi connectivity index (χ1) is 15.2. The van der Waals surface area contributed by atoms with Crippen LogP contribution in [0.3, 0.4) is 0 Å². The van der Waals surface area contributed by atoms with Gasteiger partial charge in [0.1, 0.15) is 12.4 Å². The molecule has 5 heteroatoms. The number of carbonyl (C=O) groups is 1. The van der Waals surface area contributed by atoms with Crippen molar-refractivity contribution in [3.05, 3.63) is 64.2 Å². The molecule has 3 atom stereocenters. The molecule has 3 rings (SSSR count). The van der Waals surface area contributed by atoms with Gasteiger partial charge in [0.15, 0.2) is 0 Å². The molecule has 0 aromatic heterocycles. The van der Waals surface area contributed by atoms with Crippen LogP contribution in [0, 0.1) is 11.3 Å². The Morgan fingerprint density at radius 2 is 1.84 bits per heavy atom. The summed E-state index contributed by atoms with van der Waals surface area (Å²) in [5.74, 6) is 1.16. The number of rotatable bonds is 7. The Kier molecular flexibility index (Phi) is 8.24. The number of halogens is 1. The number of hydrogen-bond acceptors (Lipinski definition) is 4. The average Bonchev–Trinajstić information content (AvgIpc) is 2.74. The van der Waals surface area contributed by atoms with E-state index in [0.717, 1.165) is 41.2 Å². The molecule has 1 saturated heterocycles. The van der Waals surface area contributed by atoms with Crippen LogP contribution in [0.5, 0.6) is 5.75 Å². The van der Waals surface area contributed by atoms with Crippen LogP contribution in [0.4, 0.5) is 0 Å². The lowest BCUT2D eigenvalue weighted by atomic mass is 9.89. The Morgan fingerprint density at radius 3 is 2.50 bits per heavy atom. The van der Waals surface area contributed by atoms with Gasteiger partial charge in [-0.1, -0.05) is 42.8 Å². The van der Waals surface area contributed by atoms with Crippen LogP contribution in [-0.4, -0.2) is 25.3 Å². The molecule has 0 spiro atoms. The number of esters is 1. The zero-order valence-electron chi connectivity index (χ0n) is 19.8. The quantitative estimate of drug-likeness (QED) is 0.429. The molecule has 2 aromatic rings. The molecule has 2 aromatic carbocycles. The van der Waals surface area contributed by atoms with Gasteiger partial charge >= 0.3 is 5.97 Å². The van der Waals surface area contributed by atoms with E-state index >= 15 is 0 Å². The van der Waals surface area contributed by atoms with Gasteiger partial charge in [0.05, 0.1) is 24.2 Å². The molecule has 1 heterocycles. The number of ether oxygens (including phenoxy) is 3. The summed E-state index contributed by atoms with van der Waals surface area (Å²) < 4.78 is 17.4. The van der Waals surface area contributed by atoms with Gasteiger partial charge in [-0.2, -0.15) is 0 Å². The maximum Gasteiger partial charge on any atom is 0.311 e. The predicted molar refractivity (Wildman–Crippen MR) is 128 cm³/mol. The van der Waals surface area contributed by atoms with Crippen LogP contribution < -0.4 is 4.74 Å². The second-order valence-corrected chi connectivity index (χ2v) is 10.2. The summed E-state index contributed by atoms with van der Waals surface area (Å²) in [6, 6.07) is 14.3. The minimum atomic E-state index is -0.508. The third-order valence-corrected chi connectivity index (χ3v) is 6.09. The van der Waals surface area contributed by atoms with Gasteiger partial charge in [-0.05, 0) is 87.8 Å². The Morgan fingerprint density at radius 1 is 1.12 bits per heavy atom. The first-order valence-corrected chi connectivity index (χ1v) is 11.9. The van der Waals surface area contributed by atoms with E-state index in [1.807, 2.05) is 52.0 Å². The van der Waals surface area contributed by atoms with Crippen LogP contribution >= 0.6 is 11.6 Å². The van der Waals surface area contributed by atoms with Crippen molar-refractivity contribution in [2.45, 2.75) is 66.1 Å². The summed E-state index contributed by atoms with van der Waals surface area (Å²) in [7, 11) is 0. The molecular weight excluding hydrogens is 424 g/mol. The van der Waals surface area contributed by atoms with Crippen LogP contribution in [0.15, 0.2) is 42.5 Å². The molecule has 0 amide bonds. The van der Waals surface area contributed by atoms with E-state index in [-0.39, 0.29) is 18.2 Å². The summed E-state index contributed by atoms with van der Waals surface area (Å²) in [6.45, 7) is 10.7. The Hall–Kier alpha value is -2.04. The van der Waals surface area contributed by atoms with Gasteiger partial charge in [-0.25, -0.2) is 0 Å². The highest BCUT2D eigenvalue weighted by atomic mass is 35.5. The lowest BCUT2D eigenvalue weighted by Gasteiger charge is -2.34. The molecule has 4 nitrogen and oxygen atoms in total. The zero-order chi connectivity index (χ0) is 23.3. The van der Waals surface area contributed by atoms with Crippen LogP contribution in [0.2, 0.25) is 5.02 Å².